The van der Waals surface area contributed by atoms with Crippen LogP contribution in [-0.2, 0) is 11.2 Å². The van der Waals surface area contributed by atoms with Crippen molar-refractivity contribution in [2.45, 2.75) is 44.1 Å². The number of benzene rings is 1. The van der Waals surface area contributed by atoms with E-state index in [2.05, 4.69) is 20.6 Å². The van der Waals surface area contributed by atoms with E-state index in [9.17, 15) is 19.6 Å². The Hall–Kier alpha value is -2.78. The number of nitrogens with zero attached hydrogens (tertiary/aromatic N) is 2. The predicted molar refractivity (Wildman–Crippen MR) is 108 cm³/mol. The number of hydrogen-bond acceptors (Lipinski definition) is 6. The van der Waals surface area contributed by atoms with Crippen molar-refractivity contribution in [3.63, 3.8) is 0 Å². The minimum Gasteiger partial charge on any atom is -0.426 e. The summed E-state index contributed by atoms with van der Waals surface area (Å²) in [5, 5.41) is 24.8. The van der Waals surface area contributed by atoms with Crippen LogP contribution >= 0.6 is 0 Å². The standard InChI is InChI=1S/C20H25BN4O4/c26-19(25-18(21(28)29)12-15-7-4-8-15)16(11-14-5-2-1-3-6-14)24-20(27)17-13-22-9-10-23-17/h1-3,5-6,9-10,13,15-16,18,28-29H,4,7-8,11-12H2,(H,24,27)(H,25,26)/t16-,18?/m0/s1. The van der Waals surface area contributed by atoms with Crippen LogP contribution in [0.3, 0.4) is 0 Å². The summed E-state index contributed by atoms with van der Waals surface area (Å²) in [4.78, 5) is 33.3. The first-order valence-corrected chi connectivity index (χ1v) is 9.80. The molecule has 0 saturated heterocycles. The zero-order valence-electron chi connectivity index (χ0n) is 16.1. The lowest BCUT2D eigenvalue weighted by Gasteiger charge is -2.30. The predicted octanol–water partition coefficient (Wildman–Crippen LogP) is 0.505. The van der Waals surface area contributed by atoms with E-state index in [0.717, 1.165) is 24.8 Å². The molecule has 2 amide bonds. The molecule has 9 heteroatoms. The number of carbonyl (C=O) groups is 2. The molecule has 0 bridgehead atoms. The molecule has 3 rings (SSSR count). The molecule has 0 radical (unpaired) electrons. The van der Waals surface area contributed by atoms with Crippen LogP contribution < -0.4 is 10.6 Å². The molecule has 1 aliphatic rings. The fourth-order valence-electron chi connectivity index (χ4n) is 3.33. The van der Waals surface area contributed by atoms with Crippen molar-refractivity contribution in [1.29, 1.82) is 0 Å². The van der Waals surface area contributed by atoms with E-state index >= 15 is 0 Å². The Balaban J connectivity index is 1.71. The molecule has 1 saturated carbocycles. The maximum absolute atomic E-state index is 12.9. The van der Waals surface area contributed by atoms with Gasteiger partial charge in [0.05, 0.1) is 12.1 Å². The highest BCUT2D eigenvalue weighted by molar-refractivity contribution is 6.43. The number of carbonyl (C=O) groups excluding carboxylic acids is 2. The molecule has 1 heterocycles. The largest absolute Gasteiger partial charge is 0.475 e. The molecule has 8 nitrogen and oxygen atoms in total. The molecule has 0 spiro atoms. The smallest absolute Gasteiger partial charge is 0.426 e. The average molecular weight is 396 g/mol. The Kier molecular flexibility index (Phi) is 7.32. The molecular weight excluding hydrogens is 371 g/mol. The van der Waals surface area contributed by atoms with E-state index < -0.39 is 30.9 Å². The van der Waals surface area contributed by atoms with E-state index in [1.165, 1.54) is 18.6 Å². The molecule has 1 aromatic carbocycles. The van der Waals surface area contributed by atoms with E-state index in [1.807, 2.05) is 30.3 Å². The highest BCUT2D eigenvalue weighted by Crippen LogP contribution is 2.30. The molecule has 1 aliphatic carbocycles. The van der Waals surface area contributed by atoms with Gasteiger partial charge in [-0.2, -0.15) is 0 Å². The van der Waals surface area contributed by atoms with Crippen molar-refractivity contribution in [3.05, 3.63) is 60.2 Å². The summed E-state index contributed by atoms with van der Waals surface area (Å²) >= 11 is 0. The van der Waals surface area contributed by atoms with Gasteiger partial charge in [-0.3, -0.25) is 14.6 Å². The first-order valence-electron chi connectivity index (χ1n) is 9.80. The van der Waals surface area contributed by atoms with Gasteiger partial charge in [-0.1, -0.05) is 49.6 Å². The Bertz CT molecular complexity index is 803. The lowest BCUT2D eigenvalue weighted by Crippen LogP contribution is -2.55. The fraction of sp³-hybridized carbons (Fsp3) is 0.400. The zero-order chi connectivity index (χ0) is 20.6. The van der Waals surface area contributed by atoms with Crippen molar-refractivity contribution in [1.82, 2.24) is 20.6 Å². The van der Waals surface area contributed by atoms with Crippen LogP contribution in [0.4, 0.5) is 0 Å². The number of hydrogen-bond donors (Lipinski definition) is 4. The summed E-state index contributed by atoms with van der Waals surface area (Å²) in [5.41, 5.74) is 0.971. The summed E-state index contributed by atoms with van der Waals surface area (Å²) in [6.07, 6.45) is 8.11. The summed E-state index contributed by atoms with van der Waals surface area (Å²) in [6.45, 7) is 0. The van der Waals surface area contributed by atoms with Gasteiger partial charge in [0.15, 0.2) is 0 Å². The van der Waals surface area contributed by atoms with E-state index in [-0.39, 0.29) is 12.1 Å². The van der Waals surface area contributed by atoms with Gasteiger partial charge in [0.1, 0.15) is 11.7 Å². The molecule has 4 N–H and O–H groups in total. The maximum Gasteiger partial charge on any atom is 0.475 e. The zero-order valence-corrected chi connectivity index (χ0v) is 16.1. The van der Waals surface area contributed by atoms with Crippen molar-refractivity contribution in [2.24, 2.45) is 5.92 Å². The van der Waals surface area contributed by atoms with E-state index in [1.54, 1.807) is 0 Å². The van der Waals surface area contributed by atoms with Crippen molar-refractivity contribution < 1.29 is 19.6 Å². The van der Waals surface area contributed by atoms with Gasteiger partial charge in [-0.05, 0) is 17.9 Å². The van der Waals surface area contributed by atoms with E-state index in [0.29, 0.717) is 12.3 Å². The van der Waals surface area contributed by atoms with Crippen LogP contribution in [0.15, 0.2) is 48.9 Å². The lowest BCUT2D eigenvalue weighted by molar-refractivity contribution is -0.123. The van der Waals surface area contributed by atoms with Gasteiger partial charge >= 0.3 is 7.12 Å². The van der Waals surface area contributed by atoms with Crippen LogP contribution in [0.25, 0.3) is 0 Å². The monoisotopic (exact) mass is 396 g/mol. The van der Waals surface area contributed by atoms with E-state index in [4.69, 9.17) is 0 Å². The topological polar surface area (TPSA) is 124 Å². The van der Waals surface area contributed by atoms with Crippen molar-refractivity contribution >= 4 is 18.9 Å². The Morgan fingerprint density at radius 2 is 1.90 bits per heavy atom. The van der Waals surface area contributed by atoms with Gasteiger partial charge in [-0.15, -0.1) is 0 Å². The third-order valence-corrected chi connectivity index (χ3v) is 5.20. The van der Waals surface area contributed by atoms with Crippen LogP contribution in [-0.4, -0.2) is 50.9 Å². The SMILES string of the molecule is O=C(N[C@@H](Cc1ccccc1)C(=O)NC(CC1CCC1)B(O)O)c1cnccn1. The molecule has 152 valence electrons. The van der Waals surface area contributed by atoms with Crippen molar-refractivity contribution in [2.75, 3.05) is 0 Å². The second-order valence-corrected chi connectivity index (χ2v) is 7.37. The number of nitrogens with one attached hydrogen (secondary N) is 2. The number of rotatable bonds is 9. The molecule has 0 aliphatic heterocycles. The number of aromatic nitrogens is 2. The summed E-state index contributed by atoms with van der Waals surface area (Å²) in [6, 6.07) is 8.41. The third kappa shape index (κ3) is 6.10. The van der Waals surface area contributed by atoms with Crippen molar-refractivity contribution in [3.8, 4) is 0 Å². The minimum absolute atomic E-state index is 0.103. The van der Waals surface area contributed by atoms with Crippen LogP contribution in [0.5, 0.6) is 0 Å². The molecule has 1 fully saturated rings. The fourth-order valence-corrected chi connectivity index (χ4v) is 3.33. The third-order valence-electron chi connectivity index (χ3n) is 5.20. The normalized spacial score (nSPS) is 15.7. The van der Waals surface area contributed by atoms with Gasteiger partial charge in [0.25, 0.3) is 5.91 Å². The summed E-state index contributed by atoms with van der Waals surface area (Å²) < 4.78 is 0. The molecule has 29 heavy (non-hydrogen) atoms. The first kappa shape index (κ1) is 20.9. The molecule has 2 aromatic rings. The summed E-state index contributed by atoms with van der Waals surface area (Å²) in [5.74, 6) is -1.39. The second-order valence-electron chi connectivity index (χ2n) is 7.37. The van der Waals surface area contributed by atoms with Crippen LogP contribution in [0.1, 0.15) is 41.7 Å². The van der Waals surface area contributed by atoms with Gasteiger partial charge in [-0.25, -0.2) is 4.98 Å². The Morgan fingerprint density at radius 3 is 2.48 bits per heavy atom. The first-order chi connectivity index (χ1) is 14.0. The molecular formula is C20H25BN4O4. The van der Waals surface area contributed by atoms with Gasteiger partial charge < -0.3 is 20.7 Å². The summed E-state index contributed by atoms with van der Waals surface area (Å²) in [7, 11) is -1.66. The second kappa shape index (κ2) is 10.1. The molecule has 2 atom stereocenters. The van der Waals surface area contributed by atoms with Gasteiger partial charge in [0, 0.05) is 18.8 Å². The maximum atomic E-state index is 12.9. The molecule has 1 unspecified atom stereocenters. The minimum atomic E-state index is -1.66. The van der Waals surface area contributed by atoms with Gasteiger partial charge in [0.2, 0.25) is 5.91 Å². The van der Waals surface area contributed by atoms with Crippen LogP contribution in [0, 0.1) is 5.92 Å². The molecule has 1 aromatic heterocycles. The highest BCUT2D eigenvalue weighted by atomic mass is 16.4. The Morgan fingerprint density at radius 1 is 1.14 bits per heavy atom. The quantitative estimate of drug-likeness (QED) is 0.458. The average Bonchev–Trinajstić information content (AvgIpc) is 2.70. The van der Waals surface area contributed by atoms with Crippen LogP contribution in [0.2, 0.25) is 0 Å². The highest BCUT2D eigenvalue weighted by Gasteiger charge is 2.33. The lowest BCUT2D eigenvalue weighted by atomic mass is 9.69. The number of amides is 2. The Labute approximate surface area is 169 Å².